The minimum Gasteiger partial charge on any atom is -0.243 e. The Morgan fingerprint density at radius 3 is 2.10 bits per heavy atom. The summed E-state index contributed by atoms with van der Waals surface area (Å²) in [6, 6.07) is 23.5. The lowest BCUT2D eigenvalue weighted by Crippen LogP contribution is -2.09. The number of halogens is 4. The molecule has 0 saturated heterocycles. The van der Waals surface area contributed by atoms with Crippen molar-refractivity contribution >= 4 is 44.0 Å². The Morgan fingerprint density at radius 2 is 1.38 bits per heavy atom. The van der Waals surface area contributed by atoms with Gasteiger partial charge in [0.05, 0.1) is 5.52 Å². The van der Waals surface area contributed by atoms with E-state index < -0.39 is 11.9 Å². The van der Waals surface area contributed by atoms with Crippen LogP contribution >= 0.6 is 11.6 Å². The van der Waals surface area contributed by atoms with Crippen molar-refractivity contribution in [3.05, 3.63) is 89.6 Å². The topological polar surface area (TPSA) is 12.9 Å². The number of nitrogens with zero attached hydrogens (tertiary/aromatic N) is 1. The third-order valence-corrected chi connectivity index (χ3v) is 5.35. The molecule has 0 N–H and O–H groups in total. The van der Waals surface area contributed by atoms with Crippen LogP contribution in [0.5, 0.6) is 0 Å². The van der Waals surface area contributed by atoms with Crippen LogP contribution < -0.4 is 0 Å². The molecular weight excluding hydrogens is 395 g/mol. The quantitative estimate of drug-likeness (QED) is 0.257. The summed E-state index contributed by atoms with van der Waals surface area (Å²) in [5.41, 5.74) is 0.935. The van der Waals surface area contributed by atoms with Gasteiger partial charge in [0, 0.05) is 21.2 Å². The Balaban J connectivity index is 2.06. The molecule has 142 valence electrons. The zero-order chi connectivity index (χ0) is 20.2. The van der Waals surface area contributed by atoms with Gasteiger partial charge in [0.2, 0.25) is 0 Å². The Hall–Kier alpha value is -3.11. The number of alkyl halides is 3. The number of fused-ring (bicyclic) bond motifs is 5. The van der Waals surface area contributed by atoms with Gasteiger partial charge < -0.3 is 0 Å². The number of hydrogen-bond acceptors (Lipinski definition) is 1. The van der Waals surface area contributed by atoms with Crippen molar-refractivity contribution in [2.45, 2.75) is 6.18 Å². The van der Waals surface area contributed by atoms with Crippen LogP contribution in [0.1, 0.15) is 5.69 Å². The molecule has 0 atom stereocenters. The van der Waals surface area contributed by atoms with E-state index in [-0.39, 0.29) is 10.9 Å². The van der Waals surface area contributed by atoms with Crippen molar-refractivity contribution < 1.29 is 13.2 Å². The predicted octanol–water partition coefficient (Wildman–Crippen LogP) is 7.88. The number of benzene rings is 4. The van der Waals surface area contributed by atoms with Gasteiger partial charge in [0.15, 0.2) is 5.69 Å². The van der Waals surface area contributed by atoms with Crippen LogP contribution in [-0.2, 0) is 6.18 Å². The fourth-order valence-electron chi connectivity index (χ4n) is 3.91. The van der Waals surface area contributed by atoms with Crippen LogP contribution in [0.25, 0.3) is 43.6 Å². The van der Waals surface area contributed by atoms with Crippen molar-refractivity contribution in [1.29, 1.82) is 0 Å². The van der Waals surface area contributed by atoms with E-state index in [2.05, 4.69) is 4.98 Å². The van der Waals surface area contributed by atoms with Crippen molar-refractivity contribution in [2.75, 3.05) is 0 Å². The molecule has 0 radical (unpaired) electrons. The van der Waals surface area contributed by atoms with E-state index in [0.29, 0.717) is 15.8 Å². The molecule has 5 rings (SSSR count). The highest BCUT2D eigenvalue weighted by atomic mass is 35.5. The van der Waals surface area contributed by atoms with E-state index in [4.69, 9.17) is 11.6 Å². The highest BCUT2D eigenvalue weighted by molar-refractivity contribution is 6.32. The Labute approximate surface area is 169 Å². The summed E-state index contributed by atoms with van der Waals surface area (Å²) in [4.78, 5) is 3.97. The maximum absolute atomic E-state index is 14.0. The molecule has 5 aromatic rings. The summed E-state index contributed by atoms with van der Waals surface area (Å²) in [7, 11) is 0. The molecular formula is C24H13ClF3N. The first-order valence-electron chi connectivity index (χ1n) is 9.01. The van der Waals surface area contributed by atoms with Gasteiger partial charge in [-0.15, -0.1) is 0 Å². The summed E-state index contributed by atoms with van der Waals surface area (Å²) in [5.74, 6) is 0. The first-order valence-corrected chi connectivity index (χ1v) is 9.38. The third kappa shape index (κ3) is 2.91. The molecule has 0 aliphatic carbocycles. The summed E-state index contributed by atoms with van der Waals surface area (Å²) >= 11 is 6.04. The second kappa shape index (κ2) is 6.46. The molecule has 5 heteroatoms. The minimum atomic E-state index is -4.59. The van der Waals surface area contributed by atoms with Crippen molar-refractivity contribution in [1.82, 2.24) is 4.98 Å². The summed E-state index contributed by atoms with van der Waals surface area (Å²) < 4.78 is 42.0. The standard InChI is InChI=1S/C24H13ClF3N/c25-15-10-11-18-21(12-15)29-23(24(26,27)28)20-13-19(14-6-2-1-3-7-14)16-8-4-5-9-17(16)22(18)20/h1-13H. The van der Waals surface area contributed by atoms with Gasteiger partial charge in [-0.3, -0.25) is 0 Å². The third-order valence-electron chi connectivity index (χ3n) is 5.11. The van der Waals surface area contributed by atoms with Crippen LogP contribution in [0.2, 0.25) is 5.02 Å². The molecule has 0 bridgehead atoms. The van der Waals surface area contributed by atoms with Gasteiger partial charge in [-0.05, 0) is 40.1 Å². The van der Waals surface area contributed by atoms with Crippen molar-refractivity contribution in [2.24, 2.45) is 0 Å². The van der Waals surface area contributed by atoms with E-state index in [9.17, 15) is 13.2 Å². The lowest BCUT2D eigenvalue weighted by atomic mass is 9.91. The average Bonchev–Trinajstić information content (AvgIpc) is 2.72. The van der Waals surface area contributed by atoms with E-state index in [0.717, 1.165) is 21.9 Å². The molecule has 0 aliphatic rings. The molecule has 1 aromatic heterocycles. The van der Waals surface area contributed by atoms with E-state index in [1.165, 1.54) is 6.07 Å². The van der Waals surface area contributed by atoms with Gasteiger partial charge in [-0.2, -0.15) is 13.2 Å². The summed E-state index contributed by atoms with van der Waals surface area (Å²) in [6.45, 7) is 0. The van der Waals surface area contributed by atoms with E-state index in [1.54, 1.807) is 18.2 Å². The Bertz CT molecular complexity index is 1390. The van der Waals surface area contributed by atoms with Crippen LogP contribution in [0, 0.1) is 0 Å². The second-order valence-electron chi connectivity index (χ2n) is 6.88. The first-order chi connectivity index (χ1) is 13.9. The maximum atomic E-state index is 14.0. The summed E-state index contributed by atoms with van der Waals surface area (Å²) in [5, 5.41) is 3.26. The van der Waals surface area contributed by atoms with E-state index >= 15 is 0 Å². The van der Waals surface area contributed by atoms with E-state index in [1.807, 2.05) is 54.6 Å². The van der Waals surface area contributed by atoms with Crippen LogP contribution in [0.15, 0.2) is 78.9 Å². The molecule has 0 amide bonds. The lowest BCUT2D eigenvalue weighted by molar-refractivity contribution is -0.139. The zero-order valence-electron chi connectivity index (χ0n) is 15.0. The highest BCUT2D eigenvalue weighted by Crippen LogP contribution is 2.43. The number of hydrogen-bond donors (Lipinski definition) is 0. The number of rotatable bonds is 1. The maximum Gasteiger partial charge on any atom is 0.433 e. The molecule has 0 saturated carbocycles. The van der Waals surface area contributed by atoms with Crippen molar-refractivity contribution in [3.63, 3.8) is 0 Å². The lowest BCUT2D eigenvalue weighted by Gasteiger charge is -2.17. The molecule has 4 aromatic carbocycles. The fourth-order valence-corrected chi connectivity index (χ4v) is 4.08. The molecule has 0 fully saturated rings. The van der Waals surface area contributed by atoms with Gasteiger partial charge >= 0.3 is 6.18 Å². The number of pyridine rings is 1. The molecule has 0 spiro atoms. The molecule has 0 unspecified atom stereocenters. The van der Waals surface area contributed by atoms with Crippen LogP contribution in [0.4, 0.5) is 13.2 Å². The second-order valence-corrected chi connectivity index (χ2v) is 7.31. The van der Waals surface area contributed by atoms with Crippen LogP contribution in [0.3, 0.4) is 0 Å². The van der Waals surface area contributed by atoms with Gasteiger partial charge in [0.25, 0.3) is 0 Å². The summed E-state index contributed by atoms with van der Waals surface area (Å²) in [6.07, 6.45) is -4.59. The average molecular weight is 408 g/mol. The normalized spacial score (nSPS) is 12.1. The highest BCUT2D eigenvalue weighted by Gasteiger charge is 2.36. The van der Waals surface area contributed by atoms with Crippen LogP contribution in [-0.4, -0.2) is 4.98 Å². The molecule has 0 aliphatic heterocycles. The first kappa shape index (κ1) is 18.0. The molecule has 29 heavy (non-hydrogen) atoms. The van der Waals surface area contributed by atoms with Gasteiger partial charge in [-0.1, -0.05) is 72.3 Å². The Kier molecular flexibility index (Phi) is 4.00. The smallest absolute Gasteiger partial charge is 0.243 e. The largest absolute Gasteiger partial charge is 0.433 e. The molecule has 1 heterocycles. The zero-order valence-corrected chi connectivity index (χ0v) is 15.7. The fraction of sp³-hybridized carbons (Fsp3) is 0.0417. The minimum absolute atomic E-state index is 0.0878. The monoisotopic (exact) mass is 407 g/mol. The van der Waals surface area contributed by atoms with Gasteiger partial charge in [0.1, 0.15) is 0 Å². The van der Waals surface area contributed by atoms with Crippen molar-refractivity contribution in [3.8, 4) is 11.1 Å². The van der Waals surface area contributed by atoms with Gasteiger partial charge in [-0.25, -0.2) is 4.98 Å². The Morgan fingerprint density at radius 1 is 0.690 bits per heavy atom. The molecule has 1 nitrogen and oxygen atoms in total. The number of aromatic nitrogens is 1. The SMILES string of the molecule is FC(F)(F)c1nc2cc(Cl)ccc2c2c1cc(-c1ccccc1)c1ccccc12. The predicted molar refractivity (Wildman–Crippen MR) is 112 cm³/mol.